The van der Waals surface area contributed by atoms with Crippen molar-refractivity contribution < 1.29 is 13.2 Å². The maximum absolute atomic E-state index is 11.6. The van der Waals surface area contributed by atoms with E-state index >= 15 is 0 Å². The van der Waals surface area contributed by atoms with Gasteiger partial charge in [0, 0.05) is 18.7 Å². The quantitative estimate of drug-likeness (QED) is 0.899. The maximum Gasteiger partial charge on any atom is 0.179 e. The molecule has 1 atom stereocenters. The monoisotopic (exact) mass is 269 g/mol. The zero-order valence-electron chi connectivity index (χ0n) is 10.6. The molecule has 0 spiro atoms. The van der Waals surface area contributed by atoms with Crippen molar-refractivity contribution in [2.75, 3.05) is 26.0 Å². The molecule has 1 aromatic rings. The van der Waals surface area contributed by atoms with Gasteiger partial charge in [-0.1, -0.05) is 12.1 Å². The molecule has 1 unspecified atom stereocenters. The highest BCUT2D eigenvalue weighted by Crippen LogP contribution is 2.24. The number of benzene rings is 1. The minimum atomic E-state index is -3.23. The first-order valence-corrected chi connectivity index (χ1v) is 8.09. The fourth-order valence-electron chi connectivity index (χ4n) is 2.15. The van der Waals surface area contributed by atoms with E-state index < -0.39 is 9.84 Å². The first kappa shape index (κ1) is 13.4. The number of para-hydroxylation sites is 1. The lowest BCUT2D eigenvalue weighted by Crippen LogP contribution is -2.33. The molecule has 1 heterocycles. The lowest BCUT2D eigenvalue weighted by Gasteiger charge is -2.23. The highest BCUT2D eigenvalue weighted by molar-refractivity contribution is 7.90. The van der Waals surface area contributed by atoms with Gasteiger partial charge in [-0.25, -0.2) is 8.42 Å². The molecule has 1 saturated heterocycles. The molecular weight excluding hydrogens is 250 g/mol. The second kappa shape index (κ2) is 5.71. The first-order valence-electron chi connectivity index (χ1n) is 6.20. The maximum atomic E-state index is 11.6. The van der Waals surface area contributed by atoms with Crippen LogP contribution in [-0.4, -0.2) is 34.4 Å². The number of hydrogen-bond acceptors (Lipinski definition) is 4. The van der Waals surface area contributed by atoms with Gasteiger partial charge < -0.3 is 10.1 Å². The number of hydrogen-bond donors (Lipinski definition) is 1. The summed E-state index contributed by atoms with van der Waals surface area (Å²) in [6, 6.07) is 6.81. The van der Waals surface area contributed by atoms with Crippen LogP contribution in [0.1, 0.15) is 12.8 Å². The van der Waals surface area contributed by atoms with Crippen molar-refractivity contribution in [2.24, 2.45) is 5.92 Å². The van der Waals surface area contributed by atoms with Gasteiger partial charge in [0.2, 0.25) is 0 Å². The second-order valence-electron chi connectivity index (χ2n) is 4.74. The second-order valence-corrected chi connectivity index (χ2v) is 6.73. The smallest absolute Gasteiger partial charge is 0.179 e. The van der Waals surface area contributed by atoms with Crippen LogP contribution in [0.3, 0.4) is 0 Å². The Kier molecular flexibility index (Phi) is 4.24. The van der Waals surface area contributed by atoms with Gasteiger partial charge in [0.15, 0.2) is 9.84 Å². The van der Waals surface area contributed by atoms with Gasteiger partial charge in [-0.3, -0.25) is 0 Å². The molecule has 100 valence electrons. The molecule has 5 heteroatoms. The summed E-state index contributed by atoms with van der Waals surface area (Å²) in [6.45, 7) is 2.58. The van der Waals surface area contributed by atoms with Crippen molar-refractivity contribution in [3.63, 3.8) is 0 Å². The Bertz CT molecular complexity index is 493. The third kappa shape index (κ3) is 3.46. The molecule has 1 N–H and O–H groups in total. The van der Waals surface area contributed by atoms with Crippen LogP contribution in [0.4, 0.5) is 0 Å². The lowest BCUT2D eigenvalue weighted by atomic mass is 10.0. The Hall–Kier alpha value is -1.07. The molecule has 0 aromatic heterocycles. The van der Waals surface area contributed by atoms with E-state index in [1.807, 2.05) is 0 Å². The molecule has 4 nitrogen and oxygen atoms in total. The average molecular weight is 269 g/mol. The van der Waals surface area contributed by atoms with E-state index in [1.165, 1.54) is 6.26 Å². The summed E-state index contributed by atoms with van der Waals surface area (Å²) in [5, 5.41) is 3.32. The topological polar surface area (TPSA) is 55.4 Å². The summed E-state index contributed by atoms with van der Waals surface area (Å²) in [4.78, 5) is 0.272. The van der Waals surface area contributed by atoms with Crippen LogP contribution < -0.4 is 10.1 Å². The molecule has 1 aromatic carbocycles. The number of piperidine rings is 1. The number of nitrogens with one attached hydrogen (secondary N) is 1. The average Bonchev–Trinajstić information content (AvgIpc) is 2.37. The predicted octanol–water partition coefficient (Wildman–Crippen LogP) is 1.47. The highest BCUT2D eigenvalue weighted by Gasteiger charge is 2.17. The van der Waals surface area contributed by atoms with Gasteiger partial charge in [-0.05, 0) is 31.5 Å². The van der Waals surface area contributed by atoms with E-state index in [1.54, 1.807) is 24.3 Å². The van der Waals surface area contributed by atoms with Crippen LogP contribution in [0.5, 0.6) is 5.75 Å². The Labute approximate surface area is 108 Å². The molecule has 1 aliphatic heterocycles. The van der Waals surface area contributed by atoms with Gasteiger partial charge in [0.05, 0.1) is 6.61 Å². The van der Waals surface area contributed by atoms with Gasteiger partial charge in [0.1, 0.15) is 10.6 Å². The molecule has 0 aliphatic carbocycles. The largest absolute Gasteiger partial charge is 0.492 e. The molecule has 0 saturated carbocycles. The molecule has 18 heavy (non-hydrogen) atoms. The van der Waals surface area contributed by atoms with Gasteiger partial charge in [0.25, 0.3) is 0 Å². The van der Waals surface area contributed by atoms with E-state index in [9.17, 15) is 8.42 Å². The highest BCUT2D eigenvalue weighted by atomic mass is 32.2. The number of ether oxygens (including phenoxy) is 1. The molecule has 0 amide bonds. The number of sulfone groups is 1. The van der Waals surface area contributed by atoms with Gasteiger partial charge >= 0.3 is 0 Å². The van der Waals surface area contributed by atoms with Crippen LogP contribution in [0, 0.1) is 5.92 Å². The SMILES string of the molecule is CS(=O)(=O)c1ccccc1OCC1CCCNC1. The zero-order valence-corrected chi connectivity index (χ0v) is 11.4. The summed E-state index contributed by atoms with van der Waals surface area (Å²) in [7, 11) is -3.23. The molecule has 0 radical (unpaired) electrons. The molecular formula is C13H19NO3S. The minimum Gasteiger partial charge on any atom is -0.492 e. The van der Waals surface area contributed by atoms with E-state index in [-0.39, 0.29) is 4.90 Å². The molecule has 0 bridgehead atoms. The molecule has 2 rings (SSSR count). The third-order valence-corrected chi connectivity index (χ3v) is 4.26. The van der Waals surface area contributed by atoms with E-state index in [2.05, 4.69) is 5.32 Å². The third-order valence-electron chi connectivity index (χ3n) is 3.12. The van der Waals surface area contributed by atoms with E-state index in [0.29, 0.717) is 18.3 Å². The summed E-state index contributed by atoms with van der Waals surface area (Å²) in [5.41, 5.74) is 0. The Balaban J connectivity index is 2.05. The number of rotatable bonds is 4. The van der Waals surface area contributed by atoms with E-state index in [4.69, 9.17) is 4.74 Å². The van der Waals surface area contributed by atoms with E-state index in [0.717, 1.165) is 25.9 Å². The normalized spacial score (nSPS) is 20.6. The predicted molar refractivity (Wildman–Crippen MR) is 70.6 cm³/mol. The minimum absolute atomic E-state index is 0.272. The Morgan fingerprint density at radius 3 is 2.83 bits per heavy atom. The van der Waals surface area contributed by atoms with Crippen LogP contribution >= 0.6 is 0 Å². The standard InChI is InChI=1S/C13H19NO3S/c1-18(15,16)13-7-3-2-6-12(13)17-10-11-5-4-8-14-9-11/h2-3,6-7,11,14H,4-5,8-10H2,1H3. The fraction of sp³-hybridized carbons (Fsp3) is 0.538. The molecule has 1 fully saturated rings. The molecule has 1 aliphatic rings. The zero-order chi connectivity index (χ0) is 13.0. The van der Waals surface area contributed by atoms with Crippen molar-refractivity contribution in [1.29, 1.82) is 0 Å². The van der Waals surface area contributed by atoms with Crippen molar-refractivity contribution in [3.05, 3.63) is 24.3 Å². The summed E-state index contributed by atoms with van der Waals surface area (Å²) < 4.78 is 28.9. The van der Waals surface area contributed by atoms with Crippen molar-refractivity contribution in [2.45, 2.75) is 17.7 Å². The van der Waals surface area contributed by atoms with Crippen LogP contribution in [-0.2, 0) is 9.84 Å². The fourth-order valence-corrected chi connectivity index (χ4v) is 2.97. The van der Waals surface area contributed by atoms with Gasteiger partial charge in [-0.2, -0.15) is 0 Å². The lowest BCUT2D eigenvalue weighted by molar-refractivity contribution is 0.214. The van der Waals surface area contributed by atoms with Crippen molar-refractivity contribution in [1.82, 2.24) is 5.32 Å². The van der Waals surface area contributed by atoms with Crippen LogP contribution in [0.15, 0.2) is 29.2 Å². The summed E-state index contributed by atoms with van der Waals surface area (Å²) >= 11 is 0. The Morgan fingerprint density at radius 2 is 2.17 bits per heavy atom. The first-order chi connectivity index (χ1) is 8.57. The van der Waals surface area contributed by atoms with Gasteiger partial charge in [-0.15, -0.1) is 0 Å². The van der Waals surface area contributed by atoms with Crippen LogP contribution in [0.2, 0.25) is 0 Å². The summed E-state index contributed by atoms with van der Waals surface area (Å²) in [5.74, 6) is 0.928. The van der Waals surface area contributed by atoms with Crippen molar-refractivity contribution in [3.8, 4) is 5.75 Å². The van der Waals surface area contributed by atoms with Crippen molar-refractivity contribution >= 4 is 9.84 Å². The van der Waals surface area contributed by atoms with Crippen LogP contribution in [0.25, 0.3) is 0 Å². The summed E-state index contributed by atoms with van der Waals surface area (Å²) in [6.07, 6.45) is 3.49. The Morgan fingerprint density at radius 1 is 1.39 bits per heavy atom.